The van der Waals surface area contributed by atoms with E-state index in [-0.39, 0.29) is 5.91 Å². The van der Waals surface area contributed by atoms with Gasteiger partial charge in [0, 0.05) is 18.3 Å². The number of carbonyl (C=O) groups excluding carboxylic acids is 1. The van der Waals surface area contributed by atoms with E-state index < -0.39 is 6.10 Å². The maximum Gasteiger partial charge on any atom is 0.251 e. The molecule has 1 amide bonds. The number of aliphatic hydroxyl groups is 1. The van der Waals surface area contributed by atoms with Crippen LogP contribution in [0.2, 0.25) is 0 Å². The van der Waals surface area contributed by atoms with Gasteiger partial charge in [0.1, 0.15) is 6.10 Å². The summed E-state index contributed by atoms with van der Waals surface area (Å²) in [5.74, 6) is 0.967. The minimum absolute atomic E-state index is 0.229. The lowest BCUT2D eigenvalue weighted by molar-refractivity contribution is -0.139. The molecule has 19 heavy (non-hydrogen) atoms. The lowest BCUT2D eigenvalue weighted by Gasteiger charge is -2.19. The summed E-state index contributed by atoms with van der Waals surface area (Å²) in [5.41, 5.74) is 0.890. The maximum atomic E-state index is 11.9. The Labute approximate surface area is 123 Å². The third-order valence-electron chi connectivity index (χ3n) is 2.72. The fourth-order valence-corrected chi connectivity index (χ4v) is 2.87. The predicted molar refractivity (Wildman–Crippen MR) is 81.7 cm³/mol. The van der Waals surface area contributed by atoms with Crippen LogP contribution in [0.4, 0.5) is 0 Å². The van der Waals surface area contributed by atoms with Gasteiger partial charge in [0.05, 0.1) is 17.2 Å². The first-order chi connectivity index (χ1) is 8.95. The summed E-state index contributed by atoms with van der Waals surface area (Å²) in [7, 11) is 1.71. The molecule has 4 nitrogen and oxygen atoms in total. The van der Waals surface area contributed by atoms with Crippen molar-refractivity contribution in [3.05, 3.63) is 16.1 Å². The van der Waals surface area contributed by atoms with Crippen LogP contribution in [-0.4, -0.2) is 46.1 Å². The zero-order valence-corrected chi connectivity index (χ0v) is 13.6. The Bertz CT molecular complexity index is 407. The number of hydrogen-bond donors (Lipinski definition) is 1. The molecule has 6 heteroatoms. The molecule has 0 saturated heterocycles. The molecule has 0 aliphatic carbocycles. The summed E-state index contributed by atoms with van der Waals surface area (Å²) in [6.45, 7) is 4.66. The molecule has 0 aliphatic rings. The second-order valence-electron chi connectivity index (χ2n) is 4.82. The predicted octanol–water partition coefficient (Wildman–Crippen LogP) is 2.34. The third-order valence-corrected chi connectivity index (χ3v) is 4.56. The van der Waals surface area contributed by atoms with E-state index in [4.69, 9.17) is 0 Å². The molecular formula is C13H22N2O2S2. The van der Waals surface area contributed by atoms with Crippen LogP contribution in [0.3, 0.4) is 0 Å². The number of amides is 1. The van der Waals surface area contributed by atoms with Gasteiger partial charge < -0.3 is 10.0 Å². The van der Waals surface area contributed by atoms with E-state index in [0.29, 0.717) is 18.9 Å². The van der Waals surface area contributed by atoms with Gasteiger partial charge >= 0.3 is 0 Å². The van der Waals surface area contributed by atoms with E-state index in [1.54, 1.807) is 35.0 Å². The molecule has 1 heterocycles. The third kappa shape index (κ3) is 5.12. The molecule has 0 aliphatic heterocycles. The van der Waals surface area contributed by atoms with Crippen molar-refractivity contribution in [3.63, 3.8) is 0 Å². The van der Waals surface area contributed by atoms with Gasteiger partial charge in [-0.3, -0.25) is 4.79 Å². The molecule has 0 unspecified atom stereocenters. The number of likely N-dealkylation sites (N-methyl/N-ethyl adjacent to an activating group) is 1. The van der Waals surface area contributed by atoms with Crippen molar-refractivity contribution in [2.45, 2.75) is 38.8 Å². The largest absolute Gasteiger partial charge is 0.383 e. The van der Waals surface area contributed by atoms with Crippen molar-refractivity contribution in [2.24, 2.45) is 0 Å². The van der Waals surface area contributed by atoms with Crippen molar-refractivity contribution in [1.29, 1.82) is 0 Å². The van der Waals surface area contributed by atoms with Crippen LogP contribution >= 0.6 is 23.1 Å². The average Bonchev–Trinajstić information content (AvgIpc) is 2.83. The van der Waals surface area contributed by atoms with Gasteiger partial charge in [-0.05, 0) is 18.4 Å². The molecule has 0 radical (unpaired) electrons. The van der Waals surface area contributed by atoms with Crippen molar-refractivity contribution < 1.29 is 9.90 Å². The SMILES string of the molecule is CSCC[C@H](O)C(=O)N(C)Cc1csc(C(C)C)n1. The molecule has 1 rings (SSSR count). The van der Waals surface area contributed by atoms with Crippen LogP contribution in [0.15, 0.2) is 5.38 Å². The van der Waals surface area contributed by atoms with Crippen LogP contribution in [0.25, 0.3) is 0 Å². The van der Waals surface area contributed by atoms with Gasteiger partial charge in [-0.1, -0.05) is 13.8 Å². The quantitative estimate of drug-likeness (QED) is 0.840. The first-order valence-electron chi connectivity index (χ1n) is 6.32. The Balaban J connectivity index is 2.53. The molecule has 1 aromatic rings. The highest BCUT2D eigenvalue weighted by atomic mass is 32.2. The Kier molecular flexibility index (Phi) is 6.82. The summed E-state index contributed by atoms with van der Waals surface area (Å²) in [5, 5.41) is 12.8. The number of nitrogens with zero attached hydrogens (tertiary/aromatic N) is 2. The van der Waals surface area contributed by atoms with E-state index in [1.165, 1.54) is 0 Å². The number of aromatic nitrogens is 1. The topological polar surface area (TPSA) is 53.4 Å². The maximum absolute atomic E-state index is 11.9. The zero-order chi connectivity index (χ0) is 14.4. The van der Waals surface area contributed by atoms with E-state index in [0.717, 1.165) is 16.5 Å². The molecular weight excluding hydrogens is 280 g/mol. The van der Waals surface area contributed by atoms with Gasteiger partial charge in [-0.2, -0.15) is 11.8 Å². The second-order valence-corrected chi connectivity index (χ2v) is 6.70. The van der Waals surface area contributed by atoms with Gasteiger partial charge in [0.15, 0.2) is 0 Å². The molecule has 0 spiro atoms. The van der Waals surface area contributed by atoms with Crippen LogP contribution in [-0.2, 0) is 11.3 Å². The summed E-state index contributed by atoms with van der Waals surface area (Å²) in [6, 6.07) is 0. The first-order valence-corrected chi connectivity index (χ1v) is 8.59. The number of carbonyl (C=O) groups is 1. The fraction of sp³-hybridized carbons (Fsp3) is 0.692. The van der Waals surface area contributed by atoms with E-state index >= 15 is 0 Å². The van der Waals surface area contributed by atoms with Gasteiger partial charge in [-0.15, -0.1) is 11.3 Å². The molecule has 108 valence electrons. The fourth-order valence-electron chi connectivity index (χ4n) is 1.59. The van der Waals surface area contributed by atoms with E-state index in [2.05, 4.69) is 18.8 Å². The molecule has 1 atom stereocenters. The highest BCUT2D eigenvalue weighted by Crippen LogP contribution is 2.20. The second kappa shape index (κ2) is 7.87. The zero-order valence-electron chi connectivity index (χ0n) is 11.9. The standard InChI is InChI=1S/C13H22N2O2S2/c1-9(2)12-14-10(8-19-12)7-15(3)13(17)11(16)5-6-18-4/h8-9,11,16H,5-7H2,1-4H3/t11-/m0/s1. The lowest BCUT2D eigenvalue weighted by Crippen LogP contribution is -2.36. The molecule has 0 fully saturated rings. The monoisotopic (exact) mass is 302 g/mol. The van der Waals surface area contributed by atoms with Crippen LogP contribution in [0.1, 0.15) is 36.9 Å². The van der Waals surface area contributed by atoms with Gasteiger partial charge in [0.2, 0.25) is 0 Å². The van der Waals surface area contributed by atoms with Crippen molar-refractivity contribution in [2.75, 3.05) is 19.1 Å². The Morgan fingerprint density at radius 1 is 1.58 bits per heavy atom. The minimum atomic E-state index is -0.902. The molecule has 0 bridgehead atoms. The molecule has 1 N–H and O–H groups in total. The van der Waals surface area contributed by atoms with Crippen molar-refractivity contribution in [3.8, 4) is 0 Å². The summed E-state index contributed by atoms with van der Waals surface area (Å²) in [4.78, 5) is 18.0. The minimum Gasteiger partial charge on any atom is -0.383 e. The normalized spacial score (nSPS) is 12.7. The lowest BCUT2D eigenvalue weighted by atomic mass is 10.2. The van der Waals surface area contributed by atoms with Crippen LogP contribution < -0.4 is 0 Å². The average molecular weight is 302 g/mol. The summed E-state index contributed by atoms with van der Waals surface area (Å²) >= 11 is 3.25. The number of hydrogen-bond acceptors (Lipinski definition) is 5. The first kappa shape index (κ1) is 16.5. The summed E-state index contributed by atoms with van der Waals surface area (Å²) in [6.07, 6.45) is 1.56. The highest BCUT2D eigenvalue weighted by molar-refractivity contribution is 7.98. The number of thioether (sulfide) groups is 1. The van der Waals surface area contributed by atoms with E-state index in [9.17, 15) is 9.90 Å². The van der Waals surface area contributed by atoms with Gasteiger partial charge in [0.25, 0.3) is 5.91 Å². The Morgan fingerprint density at radius 2 is 2.26 bits per heavy atom. The van der Waals surface area contributed by atoms with Crippen molar-refractivity contribution >= 4 is 29.0 Å². The smallest absolute Gasteiger partial charge is 0.251 e. The molecule has 1 aromatic heterocycles. The Hall–Kier alpha value is -0.590. The number of rotatable bonds is 7. The molecule has 0 saturated carbocycles. The number of aliphatic hydroxyl groups excluding tert-OH is 1. The summed E-state index contributed by atoms with van der Waals surface area (Å²) < 4.78 is 0. The molecule has 0 aromatic carbocycles. The Morgan fingerprint density at radius 3 is 2.79 bits per heavy atom. The van der Waals surface area contributed by atoms with E-state index in [1.807, 2.05) is 11.6 Å². The number of thiazole rings is 1. The highest BCUT2D eigenvalue weighted by Gasteiger charge is 2.19. The van der Waals surface area contributed by atoms with Crippen molar-refractivity contribution in [1.82, 2.24) is 9.88 Å². The van der Waals surface area contributed by atoms with Crippen LogP contribution in [0.5, 0.6) is 0 Å². The van der Waals surface area contributed by atoms with Gasteiger partial charge in [-0.25, -0.2) is 4.98 Å². The van der Waals surface area contributed by atoms with Crippen LogP contribution in [0, 0.1) is 0 Å².